The number of carbonyl (C=O) groups is 1. The molecule has 0 atom stereocenters. The maximum Gasteiger partial charge on any atom is 0.335 e. The number of nitrogens with zero attached hydrogens (tertiary/aromatic N) is 2. The molecule has 82 valence electrons. The second-order valence-corrected chi connectivity index (χ2v) is 4.37. The highest BCUT2D eigenvalue weighted by molar-refractivity contribution is 7.97. The minimum Gasteiger partial charge on any atom is -0.478 e. The molecule has 1 N–H and O–H groups in total. The van der Waals surface area contributed by atoms with Gasteiger partial charge in [0.15, 0.2) is 0 Å². The predicted molar refractivity (Wildman–Crippen MR) is 61.6 cm³/mol. The summed E-state index contributed by atoms with van der Waals surface area (Å²) in [5.41, 5.74) is 1.10. The predicted octanol–water partition coefficient (Wildman–Crippen LogP) is 2.45. The van der Waals surface area contributed by atoms with Gasteiger partial charge < -0.3 is 5.11 Å². The molecule has 0 aliphatic heterocycles. The van der Waals surface area contributed by atoms with Crippen molar-refractivity contribution in [3.05, 3.63) is 48.0 Å². The maximum atomic E-state index is 10.8. The number of hydrogen-bond acceptors (Lipinski definition) is 3. The van der Waals surface area contributed by atoms with E-state index in [0.29, 0.717) is 5.56 Å². The molecule has 0 unspecified atom stereocenters. The van der Waals surface area contributed by atoms with Crippen molar-refractivity contribution in [1.29, 1.82) is 0 Å². The van der Waals surface area contributed by atoms with Crippen LogP contribution in [0.4, 0.5) is 0 Å². The van der Waals surface area contributed by atoms with E-state index in [1.54, 1.807) is 31.6 Å². The first-order valence-electron chi connectivity index (χ1n) is 4.67. The molecule has 1 aromatic heterocycles. The number of aromatic nitrogens is 2. The summed E-state index contributed by atoms with van der Waals surface area (Å²) in [6.07, 6.45) is 5.24. The van der Waals surface area contributed by atoms with Crippen LogP contribution in [0.2, 0.25) is 0 Å². The summed E-state index contributed by atoms with van der Waals surface area (Å²) in [4.78, 5) is 15.7. The van der Waals surface area contributed by atoms with Crippen LogP contribution in [0.15, 0.2) is 41.8 Å². The number of rotatable bonds is 3. The topological polar surface area (TPSA) is 55.1 Å². The number of aryl methyl sites for hydroxylation is 1. The summed E-state index contributed by atoms with van der Waals surface area (Å²) in [5.74, 6) is -0.892. The highest BCUT2D eigenvalue weighted by Gasteiger charge is 2.07. The van der Waals surface area contributed by atoms with E-state index in [0.717, 1.165) is 10.5 Å². The SMILES string of the molecule is Cc1cc(Sn2ccnc2)ccc1C(=O)O. The van der Waals surface area contributed by atoms with Gasteiger partial charge in [0.2, 0.25) is 0 Å². The Morgan fingerprint density at radius 3 is 2.88 bits per heavy atom. The first-order valence-corrected chi connectivity index (χ1v) is 5.44. The van der Waals surface area contributed by atoms with Crippen molar-refractivity contribution in [2.45, 2.75) is 11.8 Å². The number of hydrogen-bond donors (Lipinski definition) is 1. The average molecular weight is 234 g/mol. The Morgan fingerprint density at radius 2 is 2.31 bits per heavy atom. The van der Waals surface area contributed by atoms with Gasteiger partial charge >= 0.3 is 5.97 Å². The summed E-state index contributed by atoms with van der Waals surface area (Å²) in [6, 6.07) is 5.27. The van der Waals surface area contributed by atoms with Crippen LogP contribution >= 0.6 is 11.9 Å². The van der Waals surface area contributed by atoms with Gasteiger partial charge in [-0.3, -0.25) is 3.97 Å². The molecule has 0 fully saturated rings. The van der Waals surface area contributed by atoms with Crippen molar-refractivity contribution < 1.29 is 9.90 Å². The second kappa shape index (κ2) is 4.40. The maximum absolute atomic E-state index is 10.8. The number of carboxylic acid groups (broad SMARTS) is 1. The summed E-state index contributed by atoms with van der Waals surface area (Å²) >= 11 is 1.49. The van der Waals surface area contributed by atoms with Crippen LogP contribution in [-0.2, 0) is 0 Å². The standard InChI is InChI=1S/C11H10N2O2S/c1-8-6-9(2-3-10(8)11(14)15)16-13-5-4-12-7-13/h2-7H,1H3,(H,14,15). The van der Waals surface area contributed by atoms with Gasteiger partial charge in [0.1, 0.15) is 6.33 Å². The lowest BCUT2D eigenvalue weighted by Gasteiger charge is -2.04. The van der Waals surface area contributed by atoms with E-state index in [1.165, 1.54) is 11.9 Å². The van der Waals surface area contributed by atoms with Gasteiger partial charge in [-0.15, -0.1) is 0 Å². The Bertz CT molecular complexity index is 509. The minimum absolute atomic E-state index is 0.343. The van der Waals surface area contributed by atoms with E-state index in [9.17, 15) is 4.79 Å². The van der Waals surface area contributed by atoms with Crippen LogP contribution in [-0.4, -0.2) is 20.0 Å². The van der Waals surface area contributed by atoms with Gasteiger partial charge in [0.05, 0.1) is 5.56 Å². The monoisotopic (exact) mass is 234 g/mol. The van der Waals surface area contributed by atoms with Crippen LogP contribution in [0.5, 0.6) is 0 Å². The molecule has 2 rings (SSSR count). The van der Waals surface area contributed by atoms with E-state index in [1.807, 2.05) is 16.2 Å². The third-order valence-electron chi connectivity index (χ3n) is 2.12. The molecule has 2 aromatic rings. The summed E-state index contributed by atoms with van der Waals surface area (Å²) < 4.78 is 1.86. The summed E-state index contributed by atoms with van der Waals surface area (Å²) in [6.45, 7) is 1.79. The molecular weight excluding hydrogens is 224 g/mol. The lowest BCUT2D eigenvalue weighted by Crippen LogP contribution is -1.99. The van der Waals surface area contributed by atoms with Crippen molar-refractivity contribution in [3.8, 4) is 0 Å². The van der Waals surface area contributed by atoms with Crippen LogP contribution in [0.3, 0.4) is 0 Å². The quantitative estimate of drug-likeness (QED) is 0.886. The molecule has 1 aromatic carbocycles. The molecule has 0 spiro atoms. The highest BCUT2D eigenvalue weighted by atomic mass is 32.2. The largest absolute Gasteiger partial charge is 0.478 e. The van der Waals surface area contributed by atoms with Crippen molar-refractivity contribution in [2.75, 3.05) is 0 Å². The van der Waals surface area contributed by atoms with E-state index in [-0.39, 0.29) is 0 Å². The molecule has 0 amide bonds. The smallest absolute Gasteiger partial charge is 0.335 e. The fraction of sp³-hybridized carbons (Fsp3) is 0.0909. The summed E-state index contributed by atoms with van der Waals surface area (Å²) in [5, 5.41) is 8.89. The Hall–Kier alpha value is -1.75. The average Bonchev–Trinajstić information content (AvgIpc) is 2.70. The zero-order valence-corrected chi connectivity index (χ0v) is 9.44. The van der Waals surface area contributed by atoms with Gasteiger partial charge in [-0.25, -0.2) is 9.78 Å². The summed E-state index contributed by atoms with van der Waals surface area (Å²) in [7, 11) is 0. The fourth-order valence-corrected chi connectivity index (χ4v) is 2.17. The second-order valence-electron chi connectivity index (χ2n) is 3.30. The molecule has 1 heterocycles. The van der Waals surface area contributed by atoms with Crippen LogP contribution in [0.1, 0.15) is 15.9 Å². The highest BCUT2D eigenvalue weighted by Crippen LogP contribution is 2.22. The number of aromatic carboxylic acids is 1. The molecular formula is C11H10N2O2S. The molecule has 4 nitrogen and oxygen atoms in total. The van der Waals surface area contributed by atoms with Gasteiger partial charge in [0, 0.05) is 17.3 Å². The van der Waals surface area contributed by atoms with Crippen molar-refractivity contribution in [3.63, 3.8) is 0 Å². The Morgan fingerprint density at radius 1 is 1.50 bits per heavy atom. The van der Waals surface area contributed by atoms with Crippen LogP contribution in [0, 0.1) is 6.92 Å². The third-order valence-corrected chi connectivity index (χ3v) is 3.01. The van der Waals surface area contributed by atoms with Gasteiger partial charge in [-0.2, -0.15) is 0 Å². The zero-order chi connectivity index (χ0) is 11.5. The third kappa shape index (κ3) is 2.25. The molecule has 0 saturated carbocycles. The zero-order valence-electron chi connectivity index (χ0n) is 8.62. The van der Waals surface area contributed by atoms with Gasteiger partial charge in [-0.05, 0) is 42.6 Å². The van der Waals surface area contributed by atoms with Crippen LogP contribution < -0.4 is 0 Å². The lowest BCUT2D eigenvalue weighted by molar-refractivity contribution is 0.0696. The van der Waals surface area contributed by atoms with E-state index >= 15 is 0 Å². The Kier molecular flexibility index (Phi) is 2.96. The first-order chi connectivity index (χ1) is 7.66. The lowest BCUT2D eigenvalue weighted by atomic mass is 10.1. The number of carboxylic acids is 1. The number of imidazole rings is 1. The molecule has 0 saturated heterocycles. The number of benzene rings is 1. The normalized spacial score (nSPS) is 10.3. The van der Waals surface area contributed by atoms with Gasteiger partial charge in [0.25, 0.3) is 0 Å². The Labute approximate surface area is 97.1 Å². The molecule has 0 radical (unpaired) electrons. The fourth-order valence-electron chi connectivity index (χ4n) is 1.36. The van der Waals surface area contributed by atoms with E-state index in [2.05, 4.69) is 4.98 Å². The van der Waals surface area contributed by atoms with E-state index in [4.69, 9.17) is 5.11 Å². The van der Waals surface area contributed by atoms with E-state index < -0.39 is 5.97 Å². The van der Waals surface area contributed by atoms with Crippen molar-refractivity contribution in [2.24, 2.45) is 0 Å². The first kappa shape index (κ1) is 10.8. The van der Waals surface area contributed by atoms with Crippen molar-refractivity contribution >= 4 is 17.9 Å². The molecule has 0 aliphatic rings. The molecule has 0 aliphatic carbocycles. The van der Waals surface area contributed by atoms with Crippen molar-refractivity contribution in [1.82, 2.24) is 8.96 Å². The Balaban J connectivity index is 2.24. The molecule has 16 heavy (non-hydrogen) atoms. The van der Waals surface area contributed by atoms with Gasteiger partial charge in [-0.1, -0.05) is 0 Å². The molecule has 5 heteroatoms. The molecule has 0 bridgehead atoms. The minimum atomic E-state index is -0.892. The van der Waals surface area contributed by atoms with Crippen LogP contribution in [0.25, 0.3) is 0 Å².